The van der Waals surface area contributed by atoms with Crippen LogP contribution in [0.25, 0.3) is 10.9 Å². The van der Waals surface area contributed by atoms with Crippen LogP contribution in [0.2, 0.25) is 0 Å². The molecule has 0 saturated heterocycles. The maximum Gasteiger partial charge on any atom is 0.145 e. The van der Waals surface area contributed by atoms with Gasteiger partial charge in [-0.25, -0.2) is 0 Å². The third-order valence-electron chi connectivity index (χ3n) is 3.22. The summed E-state index contributed by atoms with van der Waals surface area (Å²) in [6, 6.07) is 18.0. The molecule has 0 bridgehead atoms. The van der Waals surface area contributed by atoms with Crippen LogP contribution in [0.3, 0.4) is 0 Å². The second kappa shape index (κ2) is 7.45. The zero-order valence-corrected chi connectivity index (χ0v) is 14.2. The fourth-order valence-corrected chi connectivity index (χ4v) is 2.51. The van der Waals surface area contributed by atoms with Crippen LogP contribution < -0.4 is 9.47 Å². The third kappa shape index (κ3) is 3.88. The van der Waals surface area contributed by atoms with E-state index in [2.05, 4.69) is 27.6 Å². The van der Waals surface area contributed by atoms with Crippen molar-refractivity contribution >= 4 is 33.5 Å². The largest absolute Gasteiger partial charge is 0.493 e. The molecule has 0 aliphatic rings. The Hall–Kier alpha value is -1.82. The maximum atomic E-state index is 5.83. The number of nitrogens with zero attached hydrogens (tertiary/aromatic N) is 1. The highest BCUT2D eigenvalue weighted by atomic mass is 127. The highest BCUT2D eigenvalue weighted by Crippen LogP contribution is 2.23. The summed E-state index contributed by atoms with van der Waals surface area (Å²) in [5.74, 6) is 1.72. The van der Waals surface area contributed by atoms with Crippen LogP contribution in [0.5, 0.6) is 11.5 Å². The van der Waals surface area contributed by atoms with Gasteiger partial charge in [-0.3, -0.25) is 4.98 Å². The zero-order chi connectivity index (χ0) is 15.2. The summed E-state index contributed by atoms with van der Waals surface area (Å²) in [4.78, 5) is 4.38. The Labute approximate surface area is 143 Å². The summed E-state index contributed by atoms with van der Waals surface area (Å²) >= 11 is 2.28. The lowest BCUT2D eigenvalue weighted by atomic mass is 10.2. The van der Waals surface area contributed by atoms with Crippen molar-refractivity contribution < 1.29 is 9.47 Å². The van der Waals surface area contributed by atoms with E-state index in [4.69, 9.17) is 9.47 Å². The number of halogens is 1. The SMILES string of the molecule is Ic1ccc(OCCCOc2cccc3cccnc23)cc1. The molecule has 112 valence electrons. The molecule has 0 N–H and O–H groups in total. The number of ether oxygens (including phenoxy) is 2. The van der Waals surface area contributed by atoms with Gasteiger partial charge in [-0.05, 0) is 59.0 Å². The molecular weight excluding hydrogens is 389 g/mol. The number of rotatable bonds is 6. The molecule has 0 atom stereocenters. The van der Waals surface area contributed by atoms with Crippen molar-refractivity contribution in [2.24, 2.45) is 0 Å². The van der Waals surface area contributed by atoms with E-state index in [-0.39, 0.29) is 0 Å². The Balaban J connectivity index is 1.49. The Bertz CT molecular complexity index is 738. The fourth-order valence-electron chi connectivity index (χ4n) is 2.15. The van der Waals surface area contributed by atoms with E-state index in [9.17, 15) is 0 Å². The smallest absolute Gasteiger partial charge is 0.145 e. The minimum absolute atomic E-state index is 0.611. The number of benzene rings is 2. The van der Waals surface area contributed by atoms with Crippen LogP contribution in [0, 0.1) is 3.57 Å². The second-order valence-electron chi connectivity index (χ2n) is 4.84. The average molecular weight is 405 g/mol. The molecule has 0 unspecified atom stereocenters. The van der Waals surface area contributed by atoms with Crippen molar-refractivity contribution in [2.45, 2.75) is 6.42 Å². The Morgan fingerprint density at radius 3 is 2.50 bits per heavy atom. The molecule has 0 fully saturated rings. The lowest BCUT2D eigenvalue weighted by Gasteiger charge is -2.09. The van der Waals surface area contributed by atoms with Crippen LogP contribution in [0.15, 0.2) is 60.8 Å². The van der Waals surface area contributed by atoms with E-state index in [1.165, 1.54) is 3.57 Å². The molecule has 0 aliphatic carbocycles. The molecule has 3 aromatic rings. The van der Waals surface area contributed by atoms with Crippen molar-refractivity contribution in [3.8, 4) is 11.5 Å². The van der Waals surface area contributed by atoms with Crippen LogP contribution in [-0.2, 0) is 0 Å². The van der Waals surface area contributed by atoms with E-state index >= 15 is 0 Å². The van der Waals surface area contributed by atoms with Gasteiger partial charge >= 0.3 is 0 Å². The number of pyridine rings is 1. The third-order valence-corrected chi connectivity index (χ3v) is 3.94. The minimum atomic E-state index is 0.611. The van der Waals surface area contributed by atoms with Gasteiger partial charge in [0.2, 0.25) is 0 Å². The van der Waals surface area contributed by atoms with Gasteiger partial charge in [0.1, 0.15) is 17.0 Å². The van der Waals surface area contributed by atoms with Gasteiger partial charge in [0.05, 0.1) is 13.2 Å². The molecule has 0 amide bonds. The van der Waals surface area contributed by atoms with Crippen LogP contribution in [0.4, 0.5) is 0 Å². The molecule has 0 radical (unpaired) electrons. The van der Waals surface area contributed by atoms with Crippen molar-refractivity contribution in [3.63, 3.8) is 0 Å². The maximum absolute atomic E-state index is 5.83. The standard InChI is InChI=1S/C18H16INO2/c19-15-7-9-16(10-8-15)21-12-3-13-22-17-6-1-4-14-5-2-11-20-18(14)17/h1-2,4-11H,3,12-13H2. The van der Waals surface area contributed by atoms with E-state index in [1.54, 1.807) is 6.20 Å². The number of hydrogen-bond donors (Lipinski definition) is 0. The summed E-state index contributed by atoms with van der Waals surface area (Å²) in [6.45, 7) is 1.25. The molecule has 3 nitrogen and oxygen atoms in total. The first-order valence-electron chi connectivity index (χ1n) is 7.18. The lowest BCUT2D eigenvalue weighted by Crippen LogP contribution is -2.05. The van der Waals surface area contributed by atoms with E-state index in [0.29, 0.717) is 13.2 Å². The van der Waals surface area contributed by atoms with Gasteiger partial charge in [0.25, 0.3) is 0 Å². The quantitative estimate of drug-likeness (QED) is 0.441. The second-order valence-corrected chi connectivity index (χ2v) is 6.08. The zero-order valence-electron chi connectivity index (χ0n) is 12.0. The molecule has 1 aromatic heterocycles. The Morgan fingerprint density at radius 1 is 0.864 bits per heavy atom. The van der Waals surface area contributed by atoms with Crippen LogP contribution in [0.1, 0.15) is 6.42 Å². The first-order chi connectivity index (χ1) is 10.8. The molecular formula is C18H16INO2. The first kappa shape index (κ1) is 15.1. The lowest BCUT2D eigenvalue weighted by molar-refractivity contribution is 0.249. The summed E-state index contributed by atoms with van der Waals surface area (Å²) in [7, 11) is 0. The van der Waals surface area contributed by atoms with E-state index in [0.717, 1.165) is 28.8 Å². The van der Waals surface area contributed by atoms with Gasteiger partial charge in [0.15, 0.2) is 0 Å². The molecule has 1 heterocycles. The Kier molecular flexibility index (Phi) is 5.11. The molecule has 0 aliphatic heterocycles. The molecule has 0 spiro atoms. The number of para-hydroxylation sites is 1. The molecule has 22 heavy (non-hydrogen) atoms. The number of hydrogen-bond acceptors (Lipinski definition) is 3. The molecule has 0 saturated carbocycles. The molecule has 3 rings (SSSR count). The number of aromatic nitrogens is 1. The van der Waals surface area contributed by atoms with Gasteiger partial charge < -0.3 is 9.47 Å². The molecule has 2 aromatic carbocycles. The van der Waals surface area contributed by atoms with Gasteiger partial charge in [-0.1, -0.05) is 18.2 Å². The highest BCUT2D eigenvalue weighted by Gasteiger charge is 2.02. The van der Waals surface area contributed by atoms with E-state index < -0.39 is 0 Å². The van der Waals surface area contributed by atoms with Gasteiger partial charge in [-0.15, -0.1) is 0 Å². The summed E-state index contributed by atoms with van der Waals surface area (Å²) in [6.07, 6.45) is 2.62. The fraction of sp³-hybridized carbons (Fsp3) is 0.167. The topological polar surface area (TPSA) is 31.4 Å². The number of fused-ring (bicyclic) bond motifs is 1. The van der Waals surface area contributed by atoms with Crippen LogP contribution in [-0.4, -0.2) is 18.2 Å². The van der Waals surface area contributed by atoms with Gasteiger partial charge in [0, 0.05) is 21.6 Å². The van der Waals surface area contributed by atoms with Crippen molar-refractivity contribution in [1.82, 2.24) is 4.98 Å². The van der Waals surface area contributed by atoms with Gasteiger partial charge in [-0.2, -0.15) is 0 Å². The van der Waals surface area contributed by atoms with Crippen molar-refractivity contribution in [3.05, 3.63) is 64.4 Å². The highest BCUT2D eigenvalue weighted by molar-refractivity contribution is 14.1. The summed E-state index contributed by atoms with van der Waals surface area (Å²) in [5, 5.41) is 1.09. The van der Waals surface area contributed by atoms with Crippen LogP contribution >= 0.6 is 22.6 Å². The summed E-state index contributed by atoms with van der Waals surface area (Å²) < 4.78 is 12.7. The van der Waals surface area contributed by atoms with E-state index in [1.807, 2.05) is 54.6 Å². The molecule has 4 heteroatoms. The minimum Gasteiger partial charge on any atom is -0.493 e. The normalized spacial score (nSPS) is 10.6. The Morgan fingerprint density at radius 2 is 1.64 bits per heavy atom. The van der Waals surface area contributed by atoms with Crippen molar-refractivity contribution in [1.29, 1.82) is 0 Å². The first-order valence-corrected chi connectivity index (χ1v) is 8.26. The summed E-state index contributed by atoms with van der Waals surface area (Å²) in [5.41, 5.74) is 0.906. The van der Waals surface area contributed by atoms with Crippen molar-refractivity contribution in [2.75, 3.05) is 13.2 Å². The monoisotopic (exact) mass is 405 g/mol. The predicted molar refractivity (Wildman–Crippen MR) is 96.5 cm³/mol. The predicted octanol–water partition coefficient (Wildman–Crippen LogP) is 4.69. The average Bonchev–Trinajstić information content (AvgIpc) is 2.56.